The summed E-state index contributed by atoms with van der Waals surface area (Å²) in [6.45, 7) is 0. The van der Waals surface area contributed by atoms with Gasteiger partial charge in [-0.3, -0.25) is 9.78 Å². The molecule has 88 valence electrons. The van der Waals surface area contributed by atoms with Gasteiger partial charge in [-0.15, -0.1) is 0 Å². The summed E-state index contributed by atoms with van der Waals surface area (Å²) in [6, 6.07) is 9.31. The van der Waals surface area contributed by atoms with E-state index < -0.39 is 0 Å². The first-order valence-electron chi connectivity index (χ1n) is 4.89. The lowest BCUT2D eigenvalue weighted by Crippen LogP contribution is -1.91. The lowest BCUT2D eigenvalue weighted by molar-refractivity contribution is 0.112. The first-order chi connectivity index (χ1) is 7.85. The predicted molar refractivity (Wildman–Crippen MR) is 68.3 cm³/mol. The molecule has 0 spiro atoms. The summed E-state index contributed by atoms with van der Waals surface area (Å²) >= 11 is 0. The molecule has 0 atom stereocenters. The number of carbonyl (C=O) groups is 1. The van der Waals surface area contributed by atoms with Gasteiger partial charge in [-0.2, -0.15) is 0 Å². The lowest BCUT2D eigenvalue weighted by atomic mass is 10.0. The van der Waals surface area contributed by atoms with Crippen LogP contribution in [0.2, 0.25) is 0 Å². The lowest BCUT2D eigenvalue weighted by Gasteiger charge is -2.06. The largest absolute Gasteiger partial charge is 0.496 e. The van der Waals surface area contributed by atoms with Gasteiger partial charge in [0.25, 0.3) is 0 Å². The van der Waals surface area contributed by atoms with Crippen LogP contribution in [0.4, 0.5) is 0 Å². The summed E-state index contributed by atoms with van der Waals surface area (Å²) in [5.74, 6) is 0.591. The summed E-state index contributed by atoms with van der Waals surface area (Å²) in [4.78, 5) is 14.8. The summed E-state index contributed by atoms with van der Waals surface area (Å²) in [5, 5.41) is 0. The Morgan fingerprint density at radius 3 is 2.41 bits per heavy atom. The maximum Gasteiger partial charge on any atom is 0.153 e. The predicted octanol–water partition coefficient (Wildman–Crippen LogP) is 3.21. The van der Waals surface area contributed by atoms with Gasteiger partial charge in [0, 0.05) is 12.4 Å². The van der Waals surface area contributed by atoms with E-state index in [-0.39, 0.29) is 7.43 Å². The minimum atomic E-state index is 0. The van der Waals surface area contributed by atoms with E-state index in [2.05, 4.69) is 4.98 Å². The van der Waals surface area contributed by atoms with E-state index >= 15 is 0 Å². The van der Waals surface area contributed by atoms with Crippen LogP contribution >= 0.6 is 0 Å². The zero-order chi connectivity index (χ0) is 11.4. The van der Waals surface area contributed by atoms with Gasteiger partial charge >= 0.3 is 0 Å². The number of hydrogen-bond acceptors (Lipinski definition) is 3. The number of hydrogen-bond donors (Lipinski definition) is 0. The van der Waals surface area contributed by atoms with Crippen LogP contribution in [0.15, 0.2) is 42.7 Å². The third-order valence-electron chi connectivity index (χ3n) is 2.37. The Morgan fingerprint density at radius 2 is 1.82 bits per heavy atom. The molecule has 0 N–H and O–H groups in total. The van der Waals surface area contributed by atoms with E-state index in [0.717, 1.165) is 17.4 Å². The summed E-state index contributed by atoms with van der Waals surface area (Å²) in [5.41, 5.74) is 2.56. The Bertz CT molecular complexity index is 495. The Hall–Kier alpha value is -2.16. The molecule has 1 aromatic heterocycles. The fraction of sp³-hybridized carbons (Fsp3) is 0.143. The number of aromatic nitrogens is 1. The Kier molecular flexibility index (Phi) is 4.40. The van der Waals surface area contributed by atoms with Crippen molar-refractivity contribution in [3.05, 3.63) is 48.3 Å². The SMILES string of the molecule is C.COc1ccc(-c2ccncc2)cc1C=O. The minimum absolute atomic E-state index is 0. The Morgan fingerprint density at radius 1 is 1.12 bits per heavy atom. The second-order valence-corrected chi connectivity index (χ2v) is 3.31. The van der Waals surface area contributed by atoms with E-state index in [1.807, 2.05) is 18.2 Å². The topological polar surface area (TPSA) is 39.2 Å². The van der Waals surface area contributed by atoms with Crippen molar-refractivity contribution in [2.75, 3.05) is 7.11 Å². The van der Waals surface area contributed by atoms with E-state index in [9.17, 15) is 4.79 Å². The number of rotatable bonds is 3. The molecule has 1 heterocycles. The standard InChI is InChI=1S/C13H11NO2.CH4/c1-16-13-3-2-11(8-12(13)9-15)10-4-6-14-7-5-10;/h2-9H,1H3;1H4. The monoisotopic (exact) mass is 229 g/mol. The Balaban J connectivity index is 0.00000144. The van der Waals surface area contributed by atoms with E-state index in [1.54, 1.807) is 31.6 Å². The zero-order valence-electron chi connectivity index (χ0n) is 8.88. The molecule has 0 aliphatic heterocycles. The fourth-order valence-electron chi connectivity index (χ4n) is 1.55. The second-order valence-electron chi connectivity index (χ2n) is 3.31. The zero-order valence-corrected chi connectivity index (χ0v) is 8.88. The number of nitrogens with zero attached hydrogens (tertiary/aromatic N) is 1. The number of ether oxygens (including phenoxy) is 1. The minimum Gasteiger partial charge on any atom is -0.496 e. The molecule has 2 rings (SSSR count). The van der Waals surface area contributed by atoms with Gasteiger partial charge < -0.3 is 4.74 Å². The van der Waals surface area contributed by atoms with Crippen molar-refractivity contribution in [3.8, 4) is 16.9 Å². The normalized spacial score (nSPS) is 9.24. The molecule has 0 bridgehead atoms. The van der Waals surface area contributed by atoms with Crippen LogP contribution in [-0.2, 0) is 0 Å². The summed E-state index contributed by atoms with van der Waals surface area (Å²) in [7, 11) is 1.55. The van der Waals surface area contributed by atoms with Crippen LogP contribution in [0.3, 0.4) is 0 Å². The van der Waals surface area contributed by atoms with E-state index in [1.165, 1.54) is 0 Å². The number of benzene rings is 1. The molecule has 0 unspecified atom stereocenters. The van der Waals surface area contributed by atoms with Crippen LogP contribution in [0.1, 0.15) is 17.8 Å². The smallest absolute Gasteiger partial charge is 0.153 e. The van der Waals surface area contributed by atoms with Gasteiger partial charge in [0.2, 0.25) is 0 Å². The molecule has 3 heteroatoms. The number of pyridine rings is 1. The van der Waals surface area contributed by atoms with Crippen molar-refractivity contribution in [2.24, 2.45) is 0 Å². The molecule has 0 aliphatic rings. The van der Waals surface area contributed by atoms with Crippen molar-refractivity contribution < 1.29 is 9.53 Å². The highest BCUT2D eigenvalue weighted by atomic mass is 16.5. The molecular weight excluding hydrogens is 214 g/mol. The van der Waals surface area contributed by atoms with Crippen LogP contribution in [-0.4, -0.2) is 18.4 Å². The molecular formula is C14H15NO2. The molecule has 3 nitrogen and oxygen atoms in total. The van der Waals surface area contributed by atoms with Crippen LogP contribution < -0.4 is 4.74 Å². The average Bonchev–Trinajstić information content (AvgIpc) is 2.39. The van der Waals surface area contributed by atoms with Gasteiger partial charge in [-0.05, 0) is 35.4 Å². The fourth-order valence-corrected chi connectivity index (χ4v) is 1.55. The quantitative estimate of drug-likeness (QED) is 0.759. The molecule has 17 heavy (non-hydrogen) atoms. The van der Waals surface area contributed by atoms with Crippen molar-refractivity contribution in [1.82, 2.24) is 4.98 Å². The highest BCUT2D eigenvalue weighted by Crippen LogP contribution is 2.24. The van der Waals surface area contributed by atoms with Gasteiger partial charge in [0.1, 0.15) is 5.75 Å². The van der Waals surface area contributed by atoms with Crippen LogP contribution in [0, 0.1) is 0 Å². The van der Waals surface area contributed by atoms with E-state index in [4.69, 9.17) is 4.74 Å². The maximum atomic E-state index is 10.9. The molecule has 0 saturated carbocycles. The molecule has 0 aliphatic carbocycles. The van der Waals surface area contributed by atoms with Crippen molar-refractivity contribution in [3.63, 3.8) is 0 Å². The third-order valence-corrected chi connectivity index (χ3v) is 2.37. The molecule has 0 saturated heterocycles. The summed E-state index contributed by atoms with van der Waals surface area (Å²) < 4.78 is 5.08. The molecule has 1 aromatic carbocycles. The third kappa shape index (κ3) is 2.69. The van der Waals surface area contributed by atoms with Crippen molar-refractivity contribution >= 4 is 6.29 Å². The van der Waals surface area contributed by atoms with Gasteiger partial charge in [0.05, 0.1) is 12.7 Å². The average molecular weight is 229 g/mol. The van der Waals surface area contributed by atoms with Crippen LogP contribution in [0.5, 0.6) is 5.75 Å². The number of carbonyl (C=O) groups excluding carboxylic acids is 1. The van der Waals surface area contributed by atoms with Gasteiger partial charge in [0.15, 0.2) is 6.29 Å². The van der Waals surface area contributed by atoms with Crippen molar-refractivity contribution in [2.45, 2.75) is 7.43 Å². The summed E-state index contributed by atoms with van der Waals surface area (Å²) in [6.07, 6.45) is 4.24. The first kappa shape index (κ1) is 12.9. The molecule has 0 fully saturated rings. The van der Waals surface area contributed by atoms with Gasteiger partial charge in [-0.25, -0.2) is 0 Å². The number of aldehydes is 1. The Labute approximate surface area is 101 Å². The van der Waals surface area contributed by atoms with E-state index in [0.29, 0.717) is 11.3 Å². The van der Waals surface area contributed by atoms with Gasteiger partial charge in [-0.1, -0.05) is 13.5 Å². The molecule has 0 amide bonds. The van der Waals surface area contributed by atoms with Crippen molar-refractivity contribution in [1.29, 1.82) is 0 Å². The highest BCUT2D eigenvalue weighted by Gasteiger charge is 2.04. The second kappa shape index (κ2) is 5.80. The molecule has 2 aromatic rings. The number of methoxy groups -OCH3 is 1. The highest BCUT2D eigenvalue weighted by molar-refractivity contribution is 5.82. The molecule has 0 radical (unpaired) electrons. The van der Waals surface area contributed by atoms with Crippen LogP contribution in [0.25, 0.3) is 11.1 Å². The maximum absolute atomic E-state index is 10.9. The first-order valence-corrected chi connectivity index (χ1v) is 4.89.